The Labute approximate surface area is 101 Å². The highest BCUT2D eigenvalue weighted by molar-refractivity contribution is 6.76. The Morgan fingerprint density at radius 1 is 0.941 bits per heavy atom. The van der Waals surface area contributed by atoms with Crippen molar-refractivity contribution in [2.24, 2.45) is 10.6 Å². The zero-order chi connectivity index (χ0) is 11.7. The SMILES string of the molecule is NC1=NB(c2ccccc2)Nc2ccccc21. The van der Waals surface area contributed by atoms with Gasteiger partial charge in [-0.2, -0.15) is 0 Å². The predicted molar refractivity (Wildman–Crippen MR) is 72.6 cm³/mol. The van der Waals surface area contributed by atoms with Crippen LogP contribution in [0.3, 0.4) is 0 Å². The molecule has 1 aliphatic heterocycles. The number of amidine groups is 1. The maximum atomic E-state index is 5.98. The van der Waals surface area contributed by atoms with E-state index in [-0.39, 0.29) is 6.98 Å². The third-order valence-electron chi connectivity index (χ3n) is 2.88. The van der Waals surface area contributed by atoms with Crippen molar-refractivity contribution in [3.05, 3.63) is 60.2 Å². The van der Waals surface area contributed by atoms with E-state index in [1.165, 1.54) is 0 Å². The monoisotopic (exact) mass is 221 g/mol. The number of hydrogen-bond donors (Lipinski definition) is 2. The van der Waals surface area contributed by atoms with Crippen LogP contribution in [0.5, 0.6) is 0 Å². The van der Waals surface area contributed by atoms with Crippen LogP contribution in [0.2, 0.25) is 0 Å². The van der Waals surface area contributed by atoms with Crippen molar-refractivity contribution < 1.29 is 0 Å². The molecule has 0 saturated heterocycles. The van der Waals surface area contributed by atoms with Crippen LogP contribution in [-0.2, 0) is 0 Å². The molecule has 0 atom stereocenters. The summed E-state index contributed by atoms with van der Waals surface area (Å²) >= 11 is 0. The van der Waals surface area contributed by atoms with Crippen LogP contribution in [0.25, 0.3) is 0 Å². The standard InChI is InChI=1S/C13H12BN3/c15-13-11-8-4-5-9-12(11)16-14(17-13)10-6-2-1-3-7-10/h1-9,16H,(H2,15,17). The van der Waals surface area contributed by atoms with Gasteiger partial charge in [0.2, 0.25) is 0 Å². The first kappa shape index (κ1) is 9.96. The minimum atomic E-state index is -0.0916. The summed E-state index contributed by atoms with van der Waals surface area (Å²) in [4.78, 5) is 4.48. The molecule has 4 heteroatoms. The molecule has 1 heterocycles. The average Bonchev–Trinajstić information content (AvgIpc) is 2.40. The molecule has 0 radical (unpaired) electrons. The summed E-state index contributed by atoms with van der Waals surface area (Å²) in [5.41, 5.74) is 9.11. The molecule has 0 bridgehead atoms. The second-order valence-electron chi connectivity index (χ2n) is 4.02. The maximum absolute atomic E-state index is 5.98. The molecule has 0 saturated carbocycles. The van der Waals surface area contributed by atoms with Gasteiger partial charge < -0.3 is 11.0 Å². The van der Waals surface area contributed by atoms with Gasteiger partial charge in [0.25, 0.3) is 0 Å². The van der Waals surface area contributed by atoms with Gasteiger partial charge >= 0.3 is 6.98 Å². The first-order valence-electron chi connectivity index (χ1n) is 5.59. The lowest BCUT2D eigenvalue weighted by Gasteiger charge is -2.21. The first-order chi connectivity index (χ1) is 8.34. The normalized spacial score (nSPS) is 13.6. The Morgan fingerprint density at radius 3 is 2.47 bits per heavy atom. The number of anilines is 1. The molecule has 3 N–H and O–H groups in total. The molecule has 2 aromatic carbocycles. The Balaban J connectivity index is 2.02. The Morgan fingerprint density at radius 2 is 1.65 bits per heavy atom. The molecule has 17 heavy (non-hydrogen) atoms. The lowest BCUT2D eigenvalue weighted by Crippen LogP contribution is -2.42. The Kier molecular flexibility index (Phi) is 2.33. The highest BCUT2D eigenvalue weighted by Gasteiger charge is 2.23. The van der Waals surface area contributed by atoms with Gasteiger partial charge in [-0.25, -0.2) is 0 Å². The van der Waals surface area contributed by atoms with Gasteiger partial charge in [-0.05, 0) is 17.6 Å². The molecule has 0 unspecified atom stereocenters. The van der Waals surface area contributed by atoms with Crippen LogP contribution in [0.4, 0.5) is 5.69 Å². The van der Waals surface area contributed by atoms with Crippen LogP contribution in [0.15, 0.2) is 59.5 Å². The summed E-state index contributed by atoms with van der Waals surface area (Å²) in [6.07, 6.45) is 0. The highest BCUT2D eigenvalue weighted by atomic mass is 15.0. The van der Waals surface area contributed by atoms with E-state index in [1.807, 2.05) is 54.6 Å². The van der Waals surface area contributed by atoms with Crippen molar-refractivity contribution in [1.29, 1.82) is 0 Å². The Hall–Kier alpha value is -2.23. The van der Waals surface area contributed by atoms with E-state index in [4.69, 9.17) is 5.73 Å². The predicted octanol–water partition coefficient (Wildman–Crippen LogP) is 1.21. The fourth-order valence-electron chi connectivity index (χ4n) is 2.01. The lowest BCUT2D eigenvalue weighted by atomic mass is 9.67. The van der Waals surface area contributed by atoms with Gasteiger partial charge in [-0.3, -0.25) is 4.90 Å². The number of benzene rings is 2. The highest BCUT2D eigenvalue weighted by Crippen LogP contribution is 2.18. The summed E-state index contributed by atoms with van der Waals surface area (Å²) in [6.45, 7) is -0.0916. The van der Waals surface area contributed by atoms with E-state index in [0.29, 0.717) is 5.84 Å². The fourth-order valence-corrected chi connectivity index (χ4v) is 2.01. The molecule has 1 aliphatic rings. The van der Waals surface area contributed by atoms with Crippen LogP contribution >= 0.6 is 0 Å². The molecule has 3 nitrogen and oxygen atoms in total. The third-order valence-corrected chi connectivity index (χ3v) is 2.88. The van der Waals surface area contributed by atoms with Gasteiger partial charge in [0.15, 0.2) is 0 Å². The molecule has 0 amide bonds. The number of nitrogens with two attached hydrogens (primary N) is 1. The lowest BCUT2D eigenvalue weighted by molar-refractivity contribution is 1.47. The zero-order valence-electron chi connectivity index (χ0n) is 9.30. The van der Waals surface area contributed by atoms with E-state index in [1.54, 1.807) is 0 Å². The topological polar surface area (TPSA) is 50.4 Å². The summed E-state index contributed by atoms with van der Waals surface area (Å²) < 4.78 is 0. The summed E-state index contributed by atoms with van der Waals surface area (Å²) in [6, 6.07) is 18.0. The quantitative estimate of drug-likeness (QED) is 0.711. The molecule has 0 spiro atoms. The van der Waals surface area contributed by atoms with Gasteiger partial charge in [0.05, 0.1) is 0 Å². The number of nitrogens with zero attached hydrogens (tertiary/aromatic N) is 1. The van der Waals surface area contributed by atoms with Gasteiger partial charge in [-0.1, -0.05) is 42.5 Å². The largest absolute Gasteiger partial charge is 0.428 e. The fraction of sp³-hybridized carbons (Fsp3) is 0. The number of hydrogen-bond acceptors (Lipinski definition) is 3. The average molecular weight is 221 g/mol. The number of nitrogens with one attached hydrogen (secondary N) is 1. The number of para-hydroxylation sites is 1. The molecular formula is C13H12BN3. The maximum Gasteiger partial charge on any atom is 0.428 e. The molecule has 0 aliphatic carbocycles. The minimum absolute atomic E-state index is 0.0916. The van der Waals surface area contributed by atoms with Crippen LogP contribution < -0.4 is 16.4 Å². The van der Waals surface area contributed by atoms with Gasteiger partial charge in [0.1, 0.15) is 5.84 Å². The zero-order valence-corrected chi connectivity index (χ0v) is 9.30. The number of fused-ring (bicyclic) bond motifs is 1. The summed E-state index contributed by atoms with van der Waals surface area (Å²) in [5, 5.41) is 3.38. The van der Waals surface area contributed by atoms with Crippen LogP contribution in [-0.4, -0.2) is 12.8 Å². The minimum Gasteiger partial charge on any atom is -0.404 e. The van der Waals surface area contributed by atoms with E-state index < -0.39 is 0 Å². The van der Waals surface area contributed by atoms with E-state index in [2.05, 4.69) is 10.1 Å². The second kappa shape index (κ2) is 3.98. The smallest absolute Gasteiger partial charge is 0.404 e. The second-order valence-corrected chi connectivity index (χ2v) is 4.02. The molecule has 0 aromatic heterocycles. The third kappa shape index (κ3) is 1.78. The van der Waals surface area contributed by atoms with Crippen molar-refractivity contribution >= 4 is 24.0 Å². The molecular weight excluding hydrogens is 209 g/mol. The molecule has 0 fully saturated rings. The van der Waals surface area contributed by atoms with Crippen molar-refractivity contribution in [1.82, 2.24) is 0 Å². The van der Waals surface area contributed by atoms with Crippen molar-refractivity contribution in [3.63, 3.8) is 0 Å². The summed E-state index contributed by atoms with van der Waals surface area (Å²) in [7, 11) is 0. The molecule has 3 rings (SSSR count). The van der Waals surface area contributed by atoms with Crippen LogP contribution in [0, 0.1) is 0 Å². The van der Waals surface area contributed by atoms with Gasteiger partial charge in [0, 0.05) is 11.3 Å². The molecule has 2 aromatic rings. The van der Waals surface area contributed by atoms with E-state index in [9.17, 15) is 0 Å². The van der Waals surface area contributed by atoms with Crippen molar-refractivity contribution in [3.8, 4) is 0 Å². The van der Waals surface area contributed by atoms with Gasteiger partial charge in [-0.15, -0.1) is 0 Å². The van der Waals surface area contributed by atoms with Crippen molar-refractivity contribution in [2.45, 2.75) is 0 Å². The Bertz CT molecular complexity index is 566. The van der Waals surface area contributed by atoms with Crippen LogP contribution in [0.1, 0.15) is 5.56 Å². The van der Waals surface area contributed by atoms with Crippen molar-refractivity contribution in [2.75, 3.05) is 5.23 Å². The van der Waals surface area contributed by atoms with E-state index >= 15 is 0 Å². The first-order valence-corrected chi connectivity index (χ1v) is 5.59. The summed E-state index contributed by atoms with van der Waals surface area (Å²) in [5.74, 6) is 0.591. The number of rotatable bonds is 1. The molecule has 82 valence electrons. The van der Waals surface area contributed by atoms with E-state index in [0.717, 1.165) is 16.7 Å².